The molecule has 0 saturated heterocycles. The van der Waals surface area contributed by atoms with Crippen LogP contribution in [0.15, 0.2) is 0 Å². The van der Waals surface area contributed by atoms with Crippen LogP contribution < -0.4 is 5.73 Å². The van der Waals surface area contributed by atoms with Gasteiger partial charge < -0.3 is 5.73 Å². The highest BCUT2D eigenvalue weighted by atomic mass is 15.2. The van der Waals surface area contributed by atoms with E-state index in [0.717, 1.165) is 12.5 Å². The second-order valence-corrected chi connectivity index (χ2v) is 8.00. The van der Waals surface area contributed by atoms with E-state index in [2.05, 4.69) is 46.6 Å². The highest BCUT2D eigenvalue weighted by Crippen LogP contribution is 2.41. The van der Waals surface area contributed by atoms with Crippen LogP contribution in [-0.2, 0) is 0 Å². The SMILES string of the molecule is CCC(CC)N(C)C1(CN)CCCC(C(C)(C)C)CC1. The van der Waals surface area contributed by atoms with Crippen LogP contribution in [0.5, 0.6) is 0 Å². The molecule has 2 N–H and O–H groups in total. The van der Waals surface area contributed by atoms with E-state index in [0.29, 0.717) is 11.5 Å². The Balaban J connectivity index is 2.84. The summed E-state index contributed by atoms with van der Waals surface area (Å²) in [6, 6.07) is 0.685. The van der Waals surface area contributed by atoms with Crippen LogP contribution in [0.1, 0.15) is 79.6 Å². The van der Waals surface area contributed by atoms with Crippen molar-refractivity contribution < 1.29 is 0 Å². The molecule has 0 bridgehead atoms. The van der Waals surface area contributed by atoms with Gasteiger partial charge in [-0.1, -0.05) is 41.0 Å². The third-order valence-electron chi connectivity index (χ3n) is 6.00. The molecule has 0 radical (unpaired) electrons. The molecule has 20 heavy (non-hydrogen) atoms. The molecule has 2 nitrogen and oxygen atoms in total. The Hall–Kier alpha value is -0.0800. The van der Waals surface area contributed by atoms with Crippen LogP contribution in [0.25, 0.3) is 0 Å². The van der Waals surface area contributed by atoms with Gasteiger partial charge in [0.25, 0.3) is 0 Å². The maximum atomic E-state index is 6.27. The van der Waals surface area contributed by atoms with E-state index in [1.54, 1.807) is 0 Å². The summed E-state index contributed by atoms with van der Waals surface area (Å²) in [5, 5.41) is 0. The van der Waals surface area contributed by atoms with Crippen molar-refractivity contribution in [3.8, 4) is 0 Å². The second kappa shape index (κ2) is 7.26. The molecule has 0 aliphatic heterocycles. The van der Waals surface area contributed by atoms with E-state index in [4.69, 9.17) is 5.73 Å². The molecule has 2 unspecified atom stereocenters. The first-order valence-corrected chi connectivity index (χ1v) is 8.73. The van der Waals surface area contributed by atoms with Gasteiger partial charge in [0.15, 0.2) is 0 Å². The number of nitrogens with zero attached hydrogens (tertiary/aromatic N) is 1. The zero-order valence-corrected chi connectivity index (χ0v) is 14.8. The quantitative estimate of drug-likeness (QED) is 0.756. The van der Waals surface area contributed by atoms with E-state index in [1.165, 1.54) is 44.9 Å². The molecular weight excluding hydrogens is 244 g/mol. The summed E-state index contributed by atoms with van der Waals surface area (Å²) in [7, 11) is 2.32. The lowest BCUT2D eigenvalue weighted by Gasteiger charge is -2.45. The summed E-state index contributed by atoms with van der Waals surface area (Å²) in [6.45, 7) is 12.6. The highest BCUT2D eigenvalue weighted by molar-refractivity contribution is 4.96. The fraction of sp³-hybridized carbons (Fsp3) is 1.00. The van der Waals surface area contributed by atoms with Crippen LogP contribution in [0.4, 0.5) is 0 Å². The van der Waals surface area contributed by atoms with E-state index in [1.807, 2.05) is 0 Å². The standard InChI is InChI=1S/C18H38N2/c1-7-16(8-2)20(6)18(14-19)12-9-10-15(11-13-18)17(3,4)5/h15-16H,7-14,19H2,1-6H3. The minimum atomic E-state index is 0.247. The predicted molar refractivity (Wildman–Crippen MR) is 89.9 cm³/mol. The van der Waals surface area contributed by atoms with E-state index in [9.17, 15) is 0 Å². The third-order valence-corrected chi connectivity index (χ3v) is 6.00. The van der Waals surface area contributed by atoms with Gasteiger partial charge in [-0.25, -0.2) is 0 Å². The minimum Gasteiger partial charge on any atom is -0.329 e. The van der Waals surface area contributed by atoms with Crippen molar-refractivity contribution >= 4 is 0 Å². The molecule has 0 spiro atoms. The van der Waals surface area contributed by atoms with Crippen LogP contribution in [0.3, 0.4) is 0 Å². The second-order valence-electron chi connectivity index (χ2n) is 8.00. The monoisotopic (exact) mass is 282 g/mol. The first kappa shape index (κ1) is 18.0. The van der Waals surface area contributed by atoms with Crippen LogP contribution in [0.2, 0.25) is 0 Å². The van der Waals surface area contributed by atoms with Gasteiger partial charge in [-0.15, -0.1) is 0 Å². The number of nitrogens with two attached hydrogens (primary N) is 1. The maximum absolute atomic E-state index is 6.27. The topological polar surface area (TPSA) is 29.3 Å². The normalized spacial score (nSPS) is 28.9. The molecule has 1 aliphatic carbocycles. The predicted octanol–water partition coefficient (Wildman–Crippen LogP) is 4.43. The Morgan fingerprint density at radius 2 is 1.75 bits per heavy atom. The fourth-order valence-electron chi connectivity index (χ4n) is 4.18. The van der Waals surface area contributed by atoms with Gasteiger partial charge >= 0.3 is 0 Å². The molecule has 0 heterocycles. The summed E-state index contributed by atoms with van der Waals surface area (Å²) in [5.41, 5.74) is 6.96. The molecule has 0 aromatic heterocycles. The number of hydrogen-bond acceptors (Lipinski definition) is 2. The Morgan fingerprint density at radius 1 is 1.15 bits per heavy atom. The zero-order chi connectivity index (χ0) is 15.4. The van der Waals surface area contributed by atoms with Gasteiger partial charge in [0.2, 0.25) is 0 Å². The first-order valence-electron chi connectivity index (χ1n) is 8.73. The van der Waals surface area contributed by atoms with Crippen molar-refractivity contribution in [1.29, 1.82) is 0 Å². The smallest absolute Gasteiger partial charge is 0.0331 e. The van der Waals surface area contributed by atoms with E-state index < -0.39 is 0 Å². The van der Waals surface area contributed by atoms with E-state index in [-0.39, 0.29) is 5.54 Å². The van der Waals surface area contributed by atoms with Crippen molar-refractivity contribution in [3.63, 3.8) is 0 Å². The van der Waals surface area contributed by atoms with E-state index >= 15 is 0 Å². The molecule has 1 rings (SSSR count). The molecule has 1 fully saturated rings. The Labute approximate surface area is 127 Å². The minimum absolute atomic E-state index is 0.247. The summed E-state index contributed by atoms with van der Waals surface area (Å²) in [6.07, 6.45) is 9.08. The zero-order valence-electron chi connectivity index (χ0n) is 14.8. The first-order chi connectivity index (χ1) is 9.30. The average Bonchev–Trinajstić information content (AvgIpc) is 2.62. The largest absolute Gasteiger partial charge is 0.329 e. The average molecular weight is 283 g/mol. The summed E-state index contributed by atoms with van der Waals surface area (Å²) in [5.74, 6) is 0.853. The fourth-order valence-corrected chi connectivity index (χ4v) is 4.18. The highest BCUT2D eigenvalue weighted by Gasteiger charge is 2.39. The summed E-state index contributed by atoms with van der Waals surface area (Å²) >= 11 is 0. The van der Waals surface area contributed by atoms with Gasteiger partial charge in [-0.3, -0.25) is 4.90 Å². The molecule has 120 valence electrons. The molecule has 0 aromatic carbocycles. The number of rotatable bonds is 5. The van der Waals surface area contributed by atoms with Crippen molar-refractivity contribution in [2.24, 2.45) is 17.1 Å². The molecule has 2 heteroatoms. The lowest BCUT2D eigenvalue weighted by atomic mass is 9.76. The van der Waals surface area contributed by atoms with Gasteiger partial charge in [0.05, 0.1) is 0 Å². The lowest BCUT2D eigenvalue weighted by Crippen LogP contribution is -2.55. The third kappa shape index (κ3) is 3.98. The lowest BCUT2D eigenvalue weighted by molar-refractivity contribution is 0.0555. The van der Waals surface area contributed by atoms with Gasteiger partial charge in [-0.2, -0.15) is 0 Å². The van der Waals surface area contributed by atoms with Crippen molar-refractivity contribution in [3.05, 3.63) is 0 Å². The molecule has 2 atom stereocenters. The van der Waals surface area contributed by atoms with Gasteiger partial charge in [0, 0.05) is 18.1 Å². The maximum Gasteiger partial charge on any atom is 0.0331 e. The van der Waals surface area contributed by atoms with Crippen LogP contribution >= 0.6 is 0 Å². The Kier molecular flexibility index (Phi) is 6.53. The molecular formula is C18H38N2. The van der Waals surface area contributed by atoms with Gasteiger partial charge in [-0.05, 0) is 56.9 Å². The Morgan fingerprint density at radius 3 is 2.20 bits per heavy atom. The Bertz CT molecular complexity index is 278. The number of hydrogen-bond donors (Lipinski definition) is 1. The van der Waals surface area contributed by atoms with Crippen LogP contribution in [0, 0.1) is 11.3 Å². The van der Waals surface area contributed by atoms with Crippen LogP contribution in [-0.4, -0.2) is 30.1 Å². The number of likely N-dealkylation sites (N-methyl/N-ethyl adjacent to an activating group) is 1. The summed E-state index contributed by atoms with van der Waals surface area (Å²) in [4.78, 5) is 2.64. The van der Waals surface area contributed by atoms with Crippen molar-refractivity contribution in [2.75, 3.05) is 13.6 Å². The molecule has 0 aromatic rings. The van der Waals surface area contributed by atoms with Gasteiger partial charge in [0.1, 0.15) is 0 Å². The molecule has 1 aliphatic rings. The molecule has 0 amide bonds. The molecule has 1 saturated carbocycles. The summed E-state index contributed by atoms with van der Waals surface area (Å²) < 4.78 is 0. The van der Waals surface area contributed by atoms with Crippen molar-refractivity contribution in [2.45, 2.75) is 91.1 Å². The van der Waals surface area contributed by atoms with Crippen molar-refractivity contribution in [1.82, 2.24) is 4.90 Å².